The Bertz CT molecular complexity index is 1390. The van der Waals surface area contributed by atoms with Crippen molar-refractivity contribution in [1.82, 2.24) is 0 Å². The Kier molecular flexibility index (Phi) is 7.69. The first kappa shape index (κ1) is 28.0. The van der Waals surface area contributed by atoms with Crippen molar-refractivity contribution in [1.29, 1.82) is 0 Å². The second-order valence-corrected chi connectivity index (χ2v) is 7.30. The number of rotatable bonds is 7. The van der Waals surface area contributed by atoms with Gasteiger partial charge in [-0.3, -0.25) is 9.59 Å². The molecule has 7 nitrogen and oxygen atoms in total. The summed E-state index contributed by atoms with van der Waals surface area (Å²) in [5, 5.41) is 2.14. The average molecular weight is 550 g/mol. The van der Waals surface area contributed by atoms with Crippen LogP contribution in [0.25, 0.3) is 0 Å². The van der Waals surface area contributed by atoms with Crippen LogP contribution in [0.3, 0.4) is 0 Å². The van der Waals surface area contributed by atoms with Gasteiger partial charge in [0.1, 0.15) is 23.1 Å². The first-order valence-electron chi connectivity index (χ1n) is 10.0. The van der Waals surface area contributed by atoms with Crippen molar-refractivity contribution in [2.45, 2.75) is 12.5 Å². The van der Waals surface area contributed by atoms with E-state index in [0.717, 1.165) is 37.4 Å². The fourth-order valence-corrected chi connectivity index (χ4v) is 3.07. The first-order valence-corrected chi connectivity index (χ1v) is 10.0. The van der Waals surface area contributed by atoms with Crippen LogP contribution in [0.5, 0.6) is 23.0 Å². The minimum atomic E-state index is -5.22. The van der Waals surface area contributed by atoms with E-state index in [-0.39, 0.29) is 17.8 Å². The summed E-state index contributed by atoms with van der Waals surface area (Å²) in [6, 6.07) is 5.27. The van der Waals surface area contributed by atoms with E-state index in [9.17, 15) is 44.7 Å². The van der Waals surface area contributed by atoms with Crippen molar-refractivity contribution >= 4 is 17.5 Å². The number of ether oxygens (including phenoxy) is 3. The predicted molar refractivity (Wildman–Crippen MR) is 114 cm³/mol. The monoisotopic (exact) mass is 550 g/mol. The lowest BCUT2D eigenvalue weighted by molar-refractivity contribution is -0.274. The van der Waals surface area contributed by atoms with Crippen LogP contribution in [-0.2, 0) is 6.18 Å². The quantitative estimate of drug-likeness (QED) is 0.350. The molecule has 0 bridgehead atoms. The molecule has 0 aliphatic heterocycles. The van der Waals surface area contributed by atoms with Crippen LogP contribution < -0.4 is 25.3 Å². The van der Waals surface area contributed by atoms with Gasteiger partial charge in [-0.25, -0.2) is 8.78 Å². The van der Waals surface area contributed by atoms with Gasteiger partial charge in [0.05, 0.1) is 23.8 Å². The second-order valence-electron chi connectivity index (χ2n) is 7.30. The van der Waals surface area contributed by atoms with E-state index < -0.39 is 75.7 Å². The molecular weight excluding hydrogens is 536 g/mol. The molecule has 0 heterocycles. The van der Waals surface area contributed by atoms with E-state index in [4.69, 9.17) is 15.2 Å². The largest absolute Gasteiger partial charge is 0.573 e. The summed E-state index contributed by atoms with van der Waals surface area (Å²) in [7, 11) is 1.00. The van der Waals surface area contributed by atoms with Gasteiger partial charge in [-0.05, 0) is 42.5 Å². The number of anilines is 1. The number of nitrogens with two attached hydrogens (primary N) is 1. The van der Waals surface area contributed by atoms with Crippen LogP contribution in [0.2, 0.25) is 0 Å². The van der Waals surface area contributed by atoms with Gasteiger partial charge in [0.15, 0.2) is 11.5 Å². The Hall–Kier alpha value is -4.56. The molecule has 0 saturated carbocycles. The number of benzene rings is 3. The maximum absolute atomic E-state index is 14.3. The summed E-state index contributed by atoms with van der Waals surface area (Å²) in [4.78, 5) is 24.2. The van der Waals surface area contributed by atoms with Crippen molar-refractivity contribution in [3.05, 3.63) is 76.9 Å². The molecule has 38 heavy (non-hydrogen) atoms. The van der Waals surface area contributed by atoms with Crippen LogP contribution in [0.1, 0.15) is 26.3 Å². The number of nitrogens with one attached hydrogen (secondary N) is 1. The smallest absolute Gasteiger partial charge is 0.493 e. The molecule has 0 fully saturated rings. The van der Waals surface area contributed by atoms with Crippen LogP contribution in [0, 0.1) is 11.6 Å². The maximum Gasteiger partial charge on any atom is 0.573 e. The van der Waals surface area contributed by atoms with Crippen LogP contribution in [0.15, 0.2) is 48.5 Å². The van der Waals surface area contributed by atoms with Crippen LogP contribution in [0.4, 0.5) is 40.8 Å². The van der Waals surface area contributed by atoms with Gasteiger partial charge >= 0.3 is 12.5 Å². The Morgan fingerprint density at radius 1 is 0.816 bits per heavy atom. The lowest BCUT2D eigenvalue weighted by Crippen LogP contribution is -2.18. The average Bonchev–Trinajstić information content (AvgIpc) is 2.80. The normalized spacial score (nSPS) is 11.6. The molecule has 0 atom stereocenters. The highest BCUT2D eigenvalue weighted by atomic mass is 19.4. The molecule has 0 aromatic heterocycles. The molecule has 3 N–H and O–H groups in total. The van der Waals surface area contributed by atoms with E-state index in [2.05, 4.69) is 10.1 Å². The van der Waals surface area contributed by atoms with Crippen LogP contribution >= 0.6 is 0 Å². The van der Waals surface area contributed by atoms with Gasteiger partial charge in [0.25, 0.3) is 11.8 Å². The Morgan fingerprint density at radius 3 is 2.08 bits per heavy atom. The fourth-order valence-electron chi connectivity index (χ4n) is 3.07. The number of hydrogen-bond donors (Lipinski definition) is 2. The van der Waals surface area contributed by atoms with Gasteiger partial charge in [0, 0.05) is 11.8 Å². The number of alkyl halides is 6. The highest BCUT2D eigenvalue weighted by molar-refractivity contribution is 6.07. The number of carbonyl (C=O) groups is 2. The Labute approximate surface area is 207 Å². The zero-order chi connectivity index (χ0) is 28.4. The number of amides is 2. The van der Waals surface area contributed by atoms with Gasteiger partial charge < -0.3 is 25.3 Å². The van der Waals surface area contributed by atoms with Gasteiger partial charge in [-0.15, -0.1) is 13.2 Å². The molecule has 2 amide bonds. The Morgan fingerprint density at radius 2 is 1.50 bits per heavy atom. The summed E-state index contributed by atoms with van der Waals surface area (Å²) >= 11 is 0. The second kappa shape index (κ2) is 10.4. The number of methoxy groups -OCH3 is 1. The van der Waals surface area contributed by atoms with E-state index in [1.807, 2.05) is 0 Å². The van der Waals surface area contributed by atoms with Crippen molar-refractivity contribution < 1.29 is 58.9 Å². The molecule has 0 saturated heterocycles. The SMILES string of the molecule is COc1cc(OC(F)(F)F)ccc1Oc1cc(C(F)(F)F)c(F)cc1C(=O)Nc1ccc(F)c(C(N)=O)c1. The van der Waals surface area contributed by atoms with Crippen molar-refractivity contribution in [3.63, 3.8) is 0 Å². The van der Waals surface area contributed by atoms with Crippen molar-refractivity contribution in [2.24, 2.45) is 5.73 Å². The van der Waals surface area contributed by atoms with Crippen molar-refractivity contribution in [3.8, 4) is 23.0 Å². The Balaban J connectivity index is 2.06. The summed E-state index contributed by atoms with van der Waals surface area (Å²) in [5.74, 6) is -7.86. The van der Waals surface area contributed by atoms with E-state index >= 15 is 0 Å². The minimum Gasteiger partial charge on any atom is -0.493 e. The number of hydrogen-bond acceptors (Lipinski definition) is 5. The fraction of sp³-hybridized carbons (Fsp3) is 0.130. The highest BCUT2D eigenvalue weighted by Crippen LogP contribution is 2.41. The van der Waals surface area contributed by atoms with Crippen molar-refractivity contribution in [2.75, 3.05) is 12.4 Å². The molecule has 202 valence electrons. The molecule has 3 aromatic carbocycles. The summed E-state index contributed by atoms with van der Waals surface area (Å²) in [6.45, 7) is 0. The molecule has 0 spiro atoms. The zero-order valence-electron chi connectivity index (χ0n) is 18.8. The number of carbonyl (C=O) groups excluding carboxylic acids is 2. The van der Waals surface area contributed by atoms with Gasteiger partial charge in [-0.1, -0.05) is 0 Å². The topological polar surface area (TPSA) is 99.9 Å². The zero-order valence-corrected chi connectivity index (χ0v) is 18.8. The van der Waals surface area contributed by atoms with Gasteiger partial charge in [-0.2, -0.15) is 13.2 Å². The number of primary amides is 1. The molecular formula is C23H14F8N2O5. The third-order valence-electron chi connectivity index (χ3n) is 4.70. The summed E-state index contributed by atoms with van der Waals surface area (Å²) in [5.41, 5.74) is 1.55. The lowest BCUT2D eigenvalue weighted by atomic mass is 10.1. The van der Waals surface area contributed by atoms with E-state index in [1.165, 1.54) is 0 Å². The molecule has 3 rings (SSSR count). The van der Waals surface area contributed by atoms with E-state index in [0.29, 0.717) is 6.07 Å². The molecule has 0 unspecified atom stereocenters. The highest BCUT2D eigenvalue weighted by Gasteiger charge is 2.36. The third-order valence-corrected chi connectivity index (χ3v) is 4.70. The standard InChI is InChI=1S/C23H14F8N2O5/c1-36-19-7-11(38-23(29,30)31)3-5-17(19)37-18-9-14(22(26,27)28)16(25)8-13(18)21(35)33-10-2-4-15(24)12(6-10)20(32)34/h2-9H,1H3,(H2,32,34)(H,33,35). The molecule has 15 heteroatoms. The van der Waals surface area contributed by atoms with Gasteiger partial charge in [0.2, 0.25) is 0 Å². The molecule has 0 radical (unpaired) electrons. The molecule has 3 aromatic rings. The predicted octanol–water partition coefficient (Wildman–Crippen LogP) is 6.03. The molecule has 0 aliphatic rings. The lowest BCUT2D eigenvalue weighted by Gasteiger charge is -2.17. The van der Waals surface area contributed by atoms with Crippen LogP contribution in [-0.4, -0.2) is 25.3 Å². The maximum atomic E-state index is 14.3. The summed E-state index contributed by atoms with van der Waals surface area (Å²) < 4.78 is 120. The first-order chi connectivity index (χ1) is 17.6. The van der Waals surface area contributed by atoms with E-state index in [1.54, 1.807) is 0 Å². The number of halogens is 8. The third kappa shape index (κ3) is 6.60. The minimum absolute atomic E-state index is 0.156. The molecule has 0 aliphatic carbocycles. The summed E-state index contributed by atoms with van der Waals surface area (Å²) in [6.07, 6.45) is -10.3.